The van der Waals surface area contributed by atoms with Crippen molar-refractivity contribution in [3.8, 4) is 0 Å². The fourth-order valence-electron chi connectivity index (χ4n) is 0.782. The molecule has 0 unspecified atom stereocenters. The van der Waals surface area contributed by atoms with Gasteiger partial charge in [0.1, 0.15) is 5.69 Å². The third-order valence-electron chi connectivity index (χ3n) is 1.28. The lowest BCUT2D eigenvalue weighted by molar-refractivity contribution is 0.0698. The van der Waals surface area contributed by atoms with Crippen molar-refractivity contribution in [2.24, 2.45) is 9.75 Å². The number of carboxylic acids is 1. The molecule has 0 saturated carbocycles. The smallest absolute Gasteiger partial charge is 0.337 e. The summed E-state index contributed by atoms with van der Waals surface area (Å²) in [4.78, 5) is 10.6. The molecule has 1 N–H and O–H groups in total. The van der Waals surface area contributed by atoms with Gasteiger partial charge >= 0.3 is 5.97 Å². The fraction of sp³-hybridized carbons (Fsp3) is 0. The molecule has 0 aliphatic carbocycles. The summed E-state index contributed by atoms with van der Waals surface area (Å²) in [7, 11) is 0. The van der Waals surface area contributed by atoms with Gasteiger partial charge in [0.15, 0.2) is 0 Å². The number of benzene rings is 1. The Kier molecular flexibility index (Phi) is 2.76. The van der Waals surface area contributed by atoms with E-state index in [1.54, 1.807) is 12.1 Å². The zero-order chi connectivity index (χ0) is 8.97. The van der Waals surface area contributed by atoms with E-state index in [1.807, 2.05) is 0 Å². The molecule has 5 heteroatoms. The minimum atomic E-state index is -1.05. The van der Waals surface area contributed by atoms with Crippen molar-refractivity contribution < 1.29 is 9.90 Å². The normalized spacial score (nSPS) is 10.4. The summed E-state index contributed by atoms with van der Waals surface area (Å²) in [5.74, 6) is -1.05. The van der Waals surface area contributed by atoms with E-state index < -0.39 is 5.97 Å². The van der Waals surface area contributed by atoms with Crippen molar-refractivity contribution in [1.82, 2.24) is 0 Å². The molecule has 12 heavy (non-hydrogen) atoms. The molecular weight excluding hydrogens is 180 g/mol. The average molecular weight is 185 g/mol. The quantitative estimate of drug-likeness (QED) is 0.719. The lowest BCUT2D eigenvalue weighted by Gasteiger charge is -1.96. The molecule has 4 nitrogen and oxygen atoms in total. The number of hydrogen-bond donors (Lipinski definition) is 1. The number of halogens is 1. The number of hydrogen-bond acceptors (Lipinski definition) is 3. The topological polar surface area (TPSA) is 62.0 Å². The highest BCUT2D eigenvalue weighted by Gasteiger charge is 2.07. The zero-order valence-corrected chi connectivity index (χ0v) is 6.69. The maximum atomic E-state index is 10.6. The highest BCUT2D eigenvalue weighted by molar-refractivity contribution is 6.14. The molecule has 0 fully saturated rings. The minimum Gasteiger partial charge on any atom is -0.478 e. The molecular formula is C7H5ClN2O2. The Hall–Kier alpha value is -1.42. The first-order valence-electron chi connectivity index (χ1n) is 3.10. The molecule has 0 bridgehead atoms. The molecule has 0 radical (unpaired) electrons. The van der Waals surface area contributed by atoms with E-state index in [1.165, 1.54) is 12.1 Å². The van der Waals surface area contributed by atoms with Crippen LogP contribution in [0.1, 0.15) is 10.4 Å². The van der Waals surface area contributed by atoms with Gasteiger partial charge in [0.2, 0.25) is 0 Å². The minimum absolute atomic E-state index is 0.0851. The van der Waals surface area contributed by atoms with E-state index in [0.717, 1.165) is 0 Å². The summed E-state index contributed by atoms with van der Waals surface area (Å²) in [6.45, 7) is 0. The molecule has 0 saturated heterocycles. The highest BCUT2D eigenvalue weighted by Crippen LogP contribution is 2.18. The Bertz CT molecular complexity index is 325. The largest absolute Gasteiger partial charge is 0.478 e. The molecule has 1 aromatic carbocycles. The summed E-state index contributed by atoms with van der Waals surface area (Å²) in [5.41, 5.74) is 0.335. The first kappa shape index (κ1) is 8.67. The standard InChI is InChI=1S/C7H5ClN2O2/c8-10-9-6-4-2-1-3-5(6)7(11)12/h1-4H,(H,11,12). The van der Waals surface area contributed by atoms with Gasteiger partial charge in [-0.1, -0.05) is 16.8 Å². The monoisotopic (exact) mass is 184 g/mol. The molecule has 0 aromatic heterocycles. The first-order valence-corrected chi connectivity index (χ1v) is 3.44. The third kappa shape index (κ3) is 1.79. The molecule has 0 spiro atoms. The van der Waals surface area contributed by atoms with Gasteiger partial charge in [-0.2, -0.15) is 0 Å². The number of rotatable bonds is 2. The van der Waals surface area contributed by atoms with Crippen LogP contribution >= 0.6 is 11.8 Å². The van der Waals surface area contributed by atoms with Crippen molar-refractivity contribution in [2.75, 3.05) is 0 Å². The van der Waals surface area contributed by atoms with Crippen molar-refractivity contribution in [3.63, 3.8) is 0 Å². The molecule has 62 valence electrons. The van der Waals surface area contributed by atoms with E-state index in [2.05, 4.69) is 9.75 Å². The fourth-order valence-corrected chi connectivity index (χ4v) is 0.864. The van der Waals surface area contributed by atoms with E-state index in [4.69, 9.17) is 16.9 Å². The summed E-state index contributed by atoms with van der Waals surface area (Å²) >= 11 is 4.98. The van der Waals surface area contributed by atoms with E-state index in [-0.39, 0.29) is 11.3 Å². The van der Waals surface area contributed by atoms with Gasteiger partial charge in [0.05, 0.1) is 17.3 Å². The molecule has 1 rings (SSSR count). The van der Waals surface area contributed by atoms with Crippen LogP contribution in [0.2, 0.25) is 0 Å². The lowest BCUT2D eigenvalue weighted by atomic mass is 10.2. The third-order valence-corrected chi connectivity index (χ3v) is 1.36. The van der Waals surface area contributed by atoms with Gasteiger partial charge < -0.3 is 5.11 Å². The lowest BCUT2D eigenvalue weighted by Crippen LogP contribution is -1.95. The van der Waals surface area contributed by atoms with Crippen LogP contribution in [0, 0.1) is 0 Å². The second kappa shape index (κ2) is 3.82. The molecule has 0 heterocycles. The second-order valence-corrected chi connectivity index (χ2v) is 2.15. The van der Waals surface area contributed by atoms with Gasteiger partial charge in [-0.15, -0.1) is 5.11 Å². The van der Waals surface area contributed by atoms with Crippen LogP contribution in [-0.4, -0.2) is 11.1 Å². The van der Waals surface area contributed by atoms with Crippen LogP contribution in [0.25, 0.3) is 0 Å². The van der Waals surface area contributed by atoms with Crippen molar-refractivity contribution in [3.05, 3.63) is 29.8 Å². The molecule has 0 atom stereocenters. The first-order chi connectivity index (χ1) is 5.75. The highest BCUT2D eigenvalue weighted by atomic mass is 35.5. The summed E-state index contributed by atoms with van der Waals surface area (Å²) in [6, 6.07) is 6.22. The number of aromatic carboxylic acids is 1. The van der Waals surface area contributed by atoms with Gasteiger partial charge in [-0.05, 0) is 12.1 Å². The Morgan fingerprint density at radius 3 is 2.67 bits per heavy atom. The maximum absolute atomic E-state index is 10.6. The van der Waals surface area contributed by atoms with Gasteiger partial charge in [-0.25, -0.2) is 4.79 Å². The van der Waals surface area contributed by atoms with E-state index in [0.29, 0.717) is 0 Å². The predicted molar refractivity (Wildman–Crippen MR) is 43.8 cm³/mol. The molecule has 0 aliphatic rings. The van der Waals surface area contributed by atoms with Crippen LogP contribution < -0.4 is 0 Å². The van der Waals surface area contributed by atoms with Crippen LogP contribution in [-0.2, 0) is 0 Å². The summed E-state index contributed by atoms with van der Waals surface area (Å²) < 4.78 is 2.98. The molecule has 1 aromatic rings. The SMILES string of the molecule is O=C(O)c1ccccc1N=NCl. The van der Waals surface area contributed by atoms with Crippen LogP contribution in [0.4, 0.5) is 5.69 Å². The Balaban J connectivity index is 3.17. The Labute approximate surface area is 73.6 Å². The van der Waals surface area contributed by atoms with Gasteiger partial charge in [-0.3, -0.25) is 0 Å². The number of carboxylic acid groups (broad SMARTS) is 1. The van der Waals surface area contributed by atoms with E-state index in [9.17, 15) is 4.79 Å². The van der Waals surface area contributed by atoms with Crippen LogP contribution in [0.5, 0.6) is 0 Å². The Morgan fingerprint density at radius 1 is 1.42 bits per heavy atom. The zero-order valence-electron chi connectivity index (χ0n) is 5.94. The van der Waals surface area contributed by atoms with Gasteiger partial charge in [0, 0.05) is 0 Å². The van der Waals surface area contributed by atoms with E-state index >= 15 is 0 Å². The second-order valence-electron chi connectivity index (χ2n) is 2.00. The Morgan fingerprint density at radius 2 is 2.08 bits per heavy atom. The number of nitrogens with zero attached hydrogens (tertiary/aromatic N) is 2. The molecule has 0 amide bonds. The summed E-state index contributed by atoms with van der Waals surface area (Å²) in [5, 5.41) is 12.1. The van der Waals surface area contributed by atoms with Crippen LogP contribution in [0.3, 0.4) is 0 Å². The van der Waals surface area contributed by atoms with Crippen molar-refractivity contribution in [1.29, 1.82) is 0 Å². The van der Waals surface area contributed by atoms with Crippen LogP contribution in [0.15, 0.2) is 34.0 Å². The van der Waals surface area contributed by atoms with Crippen molar-refractivity contribution >= 4 is 23.4 Å². The average Bonchev–Trinajstić information content (AvgIpc) is 2.05. The summed E-state index contributed by atoms with van der Waals surface area (Å²) in [6.07, 6.45) is 0. The maximum Gasteiger partial charge on any atom is 0.337 e. The molecule has 0 aliphatic heterocycles. The number of carbonyl (C=O) groups is 1. The predicted octanol–water partition coefficient (Wildman–Crippen LogP) is 2.62. The van der Waals surface area contributed by atoms with Crippen molar-refractivity contribution in [2.45, 2.75) is 0 Å². The van der Waals surface area contributed by atoms with Gasteiger partial charge in [0.25, 0.3) is 0 Å².